The van der Waals surface area contributed by atoms with E-state index in [9.17, 15) is 9.59 Å². The molecule has 1 aromatic carbocycles. The molecule has 1 amide bonds. The highest BCUT2D eigenvalue weighted by Crippen LogP contribution is 2.31. The summed E-state index contributed by atoms with van der Waals surface area (Å²) in [5.41, 5.74) is 6.19. The van der Waals surface area contributed by atoms with Crippen LogP contribution in [0.3, 0.4) is 0 Å². The Kier molecular flexibility index (Phi) is 4.85. The molecule has 0 saturated heterocycles. The van der Waals surface area contributed by atoms with Crippen molar-refractivity contribution in [1.29, 1.82) is 0 Å². The Morgan fingerprint density at radius 1 is 1.33 bits per heavy atom. The zero-order chi connectivity index (χ0) is 15.5. The van der Waals surface area contributed by atoms with E-state index in [1.54, 1.807) is 24.3 Å². The molecule has 0 unspecified atom stereocenters. The molecule has 1 aromatic rings. The molecule has 0 aliphatic heterocycles. The maximum absolute atomic E-state index is 12.5. The van der Waals surface area contributed by atoms with Gasteiger partial charge in [0.2, 0.25) is 5.91 Å². The Morgan fingerprint density at radius 2 is 2.00 bits per heavy atom. The number of carbonyl (C=O) groups excluding carboxylic acids is 1. The standard InChI is InChI=1S/C15H19ClN2O3/c16-11-4-3-5-12(8-11)18(10-14(20)21)13(19)9-15(17)6-1-2-7-15/h3-5,8H,1-2,6-7,9-10,17H2,(H,20,21). The van der Waals surface area contributed by atoms with Crippen LogP contribution >= 0.6 is 11.6 Å². The van der Waals surface area contributed by atoms with E-state index < -0.39 is 18.1 Å². The molecule has 2 rings (SSSR count). The number of benzene rings is 1. The summed E-state index contributed by atoms with van der Waals surface area (Å²) < 4.78 is 0. The summed E-state index contributed by atoms with van der Waals surface area (Å²) in [6.07, 6.45) is 3.79. The van der Waals surface area contributed by atoms with Crippen LogP contribution in [-0.4, -0.2) is 29.1 Å². The van der Waals surface area contributed by atoms with Gasteiger partial charge in [-0.3, -0.25) is 9.59 Å². The number of hydrogen-bond acceptors (Lipinski definition) is 3. The van der Waals surface area contributed by atoms with Crippen LogP contribution in [0.5, 0.6) is 0 Å². The van der Waals surface area contributed by atoms with Crippen molar-refractivity contribution in [3.63, 3.8) is 0 Å². The molecule has 1 saturated carbocycles. The van der Waals surface area contributed by atoms with Gasteiger partial charge in [0.15, 0.2) is 0 Å². The summed E-state index contributed by atoms with van der Waals surface area (Å²) in [6.45, 7) is -0.394. The van der Waals surface area contributed by atoms with Gasteiger partial charge >= 0.3 is 5.97 Å². The Morgan fingerprint density at radius 3 is 2.57 bits per heavy atom. The Balaban J connectivity index is 2.19. The van der Waals surface area contributed by atoms with Gasteiger partial charge in [0.05, 0.1) is 0 Å². The quantitative estimate of drug-likeness (QED) is 0.875. The number of carboxylic acid groups (broad SMARTS) is 1. The van der Waals surface area contributed by atoms with Gasteiger partial charge in [-0.05, 0) is 31.0 Å². The van der Waals surface area contributed by atoms with E-state index in [0.717, 1.165) is 25.7 Å². The molecule has 6 heteroatoms. The topological polar surface area (TPSA) is 83.6 Å². The first-order chi connectivity index (χ1) is 9.89. The normalized spacial score (nSPS) is 16.7. The number of nitrogens with two attached hydrogens (primary N) is 1. The molecule has 3 N–H and O–H groups in total. The van der Waals surface area contributed by atoms with Crippen LogP contribution in [0.2, 0.25) is 5.02 Å². The number of aliphatic carboxylic acids is 1. The lowest BCUT2D eigenvalue weighted by Gasteiger charge is -2.28. The second kappa shape index (κ2) is 6.45. The van der Waals surface area contributed by atoms with Crippen molar-refractivity contribution in [3.8, 4) is 0 Å². The first-order valence-corrected chi connectivity index (χ1v) is 7.34. The fourth-order valence-corrected chi connectivity index (χ4v) is 2.94. The van der Waals surface area contributed by atoms with Crippen molar-refractivity contribution in [1.82, 2.24) is 0 Å². The summed E-state index contributed by atoms with van der Waals surface area (Å²) in [7, 11) is 0. The van der Waals surface area contributed by atoms with E-state index in [-0.39, 0.29) is 12.3 Å². The van der Waals surface area contributed by atoms with E-state index in [2.05, 4.69) is 0 Å². The third-order valence-corrected chi connectivity index (χ3v) is 4.05. The van der Waals surface area contributed by atoms with Gasteiger partial charge in [-0.2, -0.15) is 0 Å². The third kappa shape index (κ3) is 4.19. The SMILES string of the molecule is NC1(CC(=O)N(CC(=O)O)c2cccc(Cl)c2)CCCC1. The lowest BCUT2D eigenvalue weighted by Crippen LogP contribution is -2.45. The van der Waals surface area contributed by atoms with Crippen molar-refractivity contribution in [3.05, 3.63) is 29.3 Å². The van der Waals surface area contributed by atoms with E-state index >= 15 is 0 Å². The minimum atomic E-state index is -1.07. The molecule has 5 nitrogen and oxygen atoms in total. The first kappa shape index (κ1) is 15.8. The second-order valence-electron chi connectivity index (χ2n) is 5.60. The average molecular weight is 311 g/mol. The summed E-state index contributed by atoms with van der Waals surface area (Å²) in [5, 5.41) is 9.49. The number of rotatable bonds is 5. The highest BCUT2D eigenvalue weighted by molar-refractivity contribution is 6.30. The smallest absolute Gasteiger partial charge is 0.323 e. The van der Waals surface area contributed by atoms with Gasteiger partial charge in [-0.15, -0.1) is 0 Å². The highest BCUT2D eigenvalue weighted by Gasteiger charge is 2.34. The van der Waals surface area contributed by atoms with Gasteiger partial charge < -0.3 is 15.7 Å². The molecule has 1 aliphatic rings. The van der Waals surface area contributed by atoms with E-state index in [0.29, 0.717) is 10.7 Å². The number of halogens is 1. The molecule has 21 heavy (non-hydrogen) atoms. The van der Waals surface area contributed by atoms with Gasteiger partial charge in [-0.1, -0.05) is 30.5 Å². The summed E-state index contributed by atoms with van der Waals surface area (Å²) in [4.78, 5) is 24.8. The molecule has 0 spiro atoms. The van der Waals surface area contributed by atoms with Crippen molar-refractivity contribution >= 4 is 29.2 Å². The molecule has 0 radical (unpaired) electrons. The summed E-state index contributed by atoms with van der Waals surface area (Å²) in [6, 6.07) is 6.62. The van der Waals surface area contributed by atoms with Gasteiger partial charge in [0.25, 0.3) is 0 Å². The monoisotopic (exact) mass is 310 g/mol. The Hall–Kier alpha value is -1.59. The van der Waals surface area contributed by atoms with Crippen LogP contribution in [0.25, 0.3) is 0 Å². The van der Waals surface area contributed by atoms with Gasteiger partial charge in [0, 0.05) is 22.7 Å². The number of anilines is 1. The minimum Gasteiger partial charge on any atom is -0.480 e. The molecular weight excluding hydrogens is 292 g/mol. The van der Waals surface area contributed by atoms with Crippen molar-refractivity contribution < 1.29 is 14.7 Å². The number of nitrogens with zero attached hydrogens (tertiary/aromatic N) is 1. The molecule has 0 bridgehead atoms. The highest BCUT2D eigenvalue weighted by atomic mass is 35.5. The van der Waals surface area contributed by atoms with E-state index in [1.165, 1.54) is 4.90 Å². The molecule has 0 atom stereocenters. The average Bonchev–Trinajstić information content (AvgIpc) is 2.82. The van der Waals surface area contributed by atoms with Crippen molar-refractivity contribution in [2.24, 2.45) is 5.73 Å². The maximum atomic E-state index is 12.5. The largest absolute Gasteiger partial charge is 0.480 e. The van der Waals surface area contributed by atoms with Crippen LogP contribution in [-0.2, 0) is 9.59 Å². The van der Waals surface area contributed by atoms with Crippen molar-refractivity contribution in [2.75, 3.05) is 11.4 Å². The fourth-order valence-electron chi connectivity index (χ4n) is 2.76. The van der Waals surface area contributed by atoms with Crippen molar-refractivity contribution in [2.45, 2.75) is 37.6 Å². The summed E-state index contributed by atoms with van der Waals surface area (Å²) in [5.74, 6) is -1.34. The second-order valence-corrected chi connectivity index (χ2v) is 6.04. The number of amides is 1. The maximum Gasteiger partial charge on any atom is 0.323 e. The predicted molar refractivity (Wildman–Crippen MR) is 81.4 cm³/mol. The Labute approximate surface area is 128 Å². The van der Waals surface area contributed by atoms with Crippen LogP contribution < -0.4 is 10.6 Å². The number of carboxylic acids is 1. The van der Waals surface area contributed by atoms with E-state index in [1.807, 2.05) is 0 Å². The van der Waals surface area contributed by atoms with Crippen LogP contribution in [0, 0.1) is 0 Å². The van der Waals surface area contributed by atoms with Crippen LogP contribution in [0.4, 0.5) is 5.69 Å². The molecule has 114 valence electrons. The zero-order valence-electron chi connectivity index (χ0n) is 11.7. The Bertz CT molecular complexity index is 541. The molecule has 1 fully saturated rings. The number of carbonyl (C=O) groups is 2. The van der Waals surface area contributed by atoms with Gasteiger partial charge in [0.1, 0.15) is 6.54 Å². The fraction of sp³-hybridized carbons (Fsp3) is 0.467. The zero-order valence-corrected chi connectivity index (χ0v) is 12.5. The van der Waals surface area contributed by atoms with E-state index in [4.69, 9.17) is 22.4 Å². The summed E-state index contributed by atoms with van der Waals surface area (Å²) >= 11 is 5.92. The van der Waals surface area contributed by atoms with Gasteiger partial charge in [-0.25, -0.2) is 0 Å². The lowest BCUT2D eigenvalue weighted by molar-refractivity contribution is -0.136. The molecule has 0 aromatic heterocycles. The predicted octanol–water partition coefficient (Wildman–Crippen LogP) is 2.42. The minimum absolute atomic E-state index is 0.160. The van der Waals surface area contributed by atoms with Crippen LogP contribution in [0.1, 0.15) is 32.1 Å². The number of hydrogen-bond donors (Lipinski definition) is 2. The lowest BCUT2D eigenvalue weighted by atomic mass is 9.94. The van der Waals surface area contributed by atoms with Crippen LogP contribution in [0.15, 0.2) is 24.3 Å². The molecule has 1 aliphatic carbocycles. The molecular formula is C15H19ClN2O3. The first-order valence-electron chi connectivity index (χ1n) is 6.96. The third-order valence-electron chi connectivity index (χ3n) is 3.82. The molecule has 0 heterocycles.